The molecule has 3 aromatic rings. The predicted molar refractivity (Wildman–Crippen MR) is 101 cm³/mol. The summed E-state index contributed by atoms with van der Waals surface area (Å²) in [6.07, 6.45) is 4.00. The van der Waals surface area contributed by atoms with Crippen LogP contribution in [-0.2, 0) is 6.54 Å². The van der Waals surface area contributed by atoms with Crippen LogP contribution in [0.2, 0.25) is 5.02 Å². The van der Waals surface area contributed by atoms with Crippen LogP contribution in [0.15, 0.2) is 53.2 Å². The molecule has 1 aliphatic heterocycles. The highest BCUT2D eigenvalue weighted by molar-refractivity contribution is 6.30. The summed E-state index contributed by atoms with van der Waals surface area (Å²) in [5.41, 5.74) is 1.93. The van der Waals surface area contributed by atoms with Crippen molar-refractivity contribution < 1.29 is 4.52 Å². The van der Waals surface area contributed by atoms with Crippen LogP contribution in [0.4, 0.5) is 0 Å². The first-order valence-electron chi connectivity index (χ1n) is 8.92. The molecule has 0 aliphatic carbocycles. The van der Waals surface area contributed by atoms with Crippen LogP contribution in [0.5, 0.6) is 0 Å². The van der Waals surface area contributed by atoms with Crippen LogP contribution < -0.4 is 0 Å². The largest absolute Gasteiger partial charge is 0.337 e. The number of aromatic nitrogens is 3. The van der Waals surface area contributed by atoms with Gasteiger partial charge in [0.1, 0.15) is 0 Å². The molecule has 0 amide bonds. The van der Waals surface area contributed by atoms with E-state index in [1.165, 1.54) is 6.42 Å². The highest BCUT2D eigenvalue weighted by Crippen LogP contribution is 2.35. The first-order valence-corrected chi connectivity index (χ1v) is 9.30. The molecule has 0 saturated carbocycles. The monoisotopic (exact) mass is 368 g/mol. The number of nitrogens with zero attached hydrogens (tertiary/aromatic N) is 4. The third-order valence-corrected chi connectivity index (χ3v) is 5.11. The van der Waals surface area contributed by atoms with Crippen molar-refractivity contribution in [2.45, 2.75) is 32.4 Å². The van der Waals surface area contributed by atoms with Gasteiger partial charge in [0.2, 0.25) is 11.7 Å². The molecule has 0 bridgehead atoms. The van der Waals surface area contributed by atoms with E-state index in [0.717, 1.165) is 30.8 Å². The molecule has 1 fully saturated rings. The van der Waals surface area contributed by atoms with Crippen molar-refractivity contribution in [3.8, 4) is 11.4 Å². The Morgan fingerprint density at radius 3 is 2.96 bits per heavy atom. The summed E-state index contributed by atoms with van der Waals surface area (Å²) in [4.78, 5) is 11.5. The zero-order valence-corrected chi connectivity index (χ0v) is 15.4. The smallest absolute Gasteiger partial charge is 0.244 e. The number of halogens is 1. The molecular formula is C20H21ClN4O. The van der Waals surface area contributed by atoms with Gasteiger partial charge in [0.05, 0.1) is 11.7 Å². The molecule has 4 rings (SSSR count). The second kappa shape index (κ2) is 7.56. The SMILES string of the molecule is C[C@@H]1CCN(Cc2ccccn2)[C@H](c2nc(-c3cccc(Cl)c3)no2)C1. The zero-order valence-electron chi connectivity index (χ0n) is 14.7. The summed E-state index contributed by atoms with van der Waals surface area (Å²) in [5.74, 6) is 1.88. The van der Waals surface area contributed by atoms with Crippen LogP contribution in [0.25, 0.3) is 11.4 Å². The van der Waals surface area contributed by atoms with Crippen molar-refractivity contribution in [1.29, 1.82) is 0 Å². The minimum atomic E-state index is 0.112. The standard InChI is InChI=1S/C20H21ClN4O/c1-14-8-10-25(13-17-7-2-3-9-22-17)18(11-14)20-23-19(24-26-20)15-5-4-6-16(21)12-15/h2-7,9,12,14,18H,8,10-11,13H2,1H3/t14-,18+/m1/s1. The number of hydrogen-bond donors (Lipinski definition) is 0. The molecule has 1 aliphatic rings. The highest BCUT2D eigenvalue weighted by atomic mass is 35.5. The summed E-state index contributed by atoms with van der Waals surface area (Å²) >= 11 is 6.08. The van der Waals surface area contributed by atoms with Crippen LogP contribution in [0.3, 0.4) is 0 Å². The Balaban J connectivity index is 1.59. The lowest BCUT2D eigenvalue weighted by Crippen LogP contribution is -2.36. The Labute approximate surface area is 158 Å². The van der Waals surface area contributed by atoms with Gasteiger partial charge in [-0.2, -0.15) is 4.98 Å². The van der Waals surface area contributed by atoms with Gasteiger partial charge < -0.3 is 4.52 Å². The summed E-state index contributed by atoms with van der Waals surface area (Å²) < 4.78 is 5.65. The molecule has 2 atom stereocenters. The van der Waals surface area contributed by atoms with Gasteiger partial charge in [-0.25, -0.2) is 0 Å². The average molecular weight is 369 g/mol. The molecule has 0 unspecified atom stereocenters. The number of pyridine rings is 1. The maximum Gasteiger partial charge on any atom is 0.244 e. The third-order valence-electron chi connectivity index (χ3n) is 4.88. The molecule has 3 heterocycles. The molecule has 26 heavy (non-hydrogen) atoms. The first-order chi connectivity index (χ1) is 12.7. The van der Waals surface area contributed by atoms with Crippen LogP contribution in [0, 0.1) is 5.92 Å². The molecular weight excluding hydrogens is 348 g/mol. The first kappa shape index (κ1) is 17.2. The van der Waals surface area contributed by atoms with Crippen LogP contribution in [0.1, 0.15) is 37.4 Å². The zero-order chi connectivity index (χ0) is 17.9. The Morgan fingerprint density at radius 2 is 2.15 bits per heavy atom. The van der Waals surface area contributed by atoms with E-state index in [4.69, 9.17) is 16.1 Å². The van der Waals surface area contributed by atoms with E-state index in [9.17, 15) is 0 Å². The average Bonchev–Trinajstić information content (AvgIpc) is 3.14. The molecule has 6 heteroatoms. The van der Waals surface area contributed by atoms with Gasteiger partial charge in [-0.05, 0) is 49.6 Å². The number of likely N-dealkylation sites (tertiary alicyclic amines) is 1. The lowest BCUT2D eigenvalue weighted by molar-refractivity contribution is 0.0844. The Kier molecular flexibility index (Phi) is 5.00. The van der Waals surface area contributed by atoms with Gasteiger partial charge >= 0.3 is 0 Å². The van der Waals surface area contributed by atoms with Crippen molar-refractivity contribution in [2.24, 2.45) is 5.92 Å². The van der Waals surface area contributed by atoms with Crippen molar-refractivity contribution in [3.63, 3.8) is 0 Å². The van der Waals surface area contributed by atoms with E-state index in [1.807, 2.05) is 42.6 Å². The molecule has 0 radical (unpaired) electrons. The normalized spacial score (nSPS) is 21.0. The third kappa shape index (κ3) is 3.79. The quantitative estimate of drug-likeness (QED) is 0.664. The van der Waals surface area contributed by atoms with E-state index < -0.39 is 0 Å². The fourth-order valence-electron chi connectivity index (χ4n) is 3.45. The van der Waals surface area contributed by atoms with Gasteiger partial charge in [-0.1, -0.05) is 41.9 Å². The van der Waals surface area contributed by atoms with Gasteiger partial charge in [0, 0.05) is 23.3 Å². The number of hydrogen-bond acceptors (Lipinski definition) is 5. The lowest BCUT2D eigenvalue weighted by atomic mass is 9.92. The maximum absolute atomic E-state index is 6.08. The molecule has 134 valence electrons. The van der Waals surface area contributed by atoms with Gasteiger partial charge in [0.25, 0.3) is 0 Å². The lowest BCUT2D eigenvalue weighted by Gasteiger charge is -2.36. The summed E-state index contributed by atoms with van der Waals surface area (Å²) in [7, 11) is 0. The second-order valence-corrected chi connectivity index (χ2v) is 7.34. The number of rotatable bonds is 4. The van der Waals surface area contributed by atoms with Crippen LogP contribution >= 0.6 is 11.6 Å². The number of benzene rings is 1. The summed E-state index contributed by atoms with van der Waals surface area (Å²) in [6.45, 7) is 4.06. The molecule has 2 aromatic heterocycles. The van der Waals surface area contributed by atoms with E-state index in [-0.39, 0.29) is 6.04 Å². The summed E-state index contributed by atoms with van der Waals surface area (Å²) in [6, 6.07) is 13.7. The molecule has 1 saturated heterocycles. The van der Waals surface area contributed by atoms with E-state index in [0.29, 0.717) is 22.7 Å². The van der Waals surface area contributed by atoms with Crippen LogP contribution in [-0.4, -0.2) is 26.6 Å². The predicted octanol–water partition coefficient (Wildman–Crippen LogP) is 4.76. The van der Waals surface area contributed by atoms with Crippen molar-refractivity contribution in [1.82, 2.24) is 20.0 Å². The maximum atomic E-state index is 6.08. The highest BCUT2D eigenvalue weighted by Gasteiger charge is 2.32. The van der Waals surface area contributed by atoms with Gasteiger partial charge in [-0.3, -0.25) is 9.88 Å². The number of piperidine rings is 1. The second-order valence-electron chi connectivity index (χ2n) is 6.90. The Morgan fingerprint density at radius 1 is 1.23 bits per heavy atom. The van der Waals surface area contributed by atoms with E-state index in [1.54, 1.807) is 0 Å². The van der Waals surface area contributed by atoms with Crippen molar-refractivity contribution in [3.05, 3.63) is 65.3 Å². The molecule has 0 spiro atoms. The minimum absolute atomic E-state index is 0.112. The van der Waals surface area contributed by atoms with Crippen molar-refractivity contribution >= 4 is 11.6 Å². The fraction of sp³-hybridized carbons (Fsp3) is 0.350. The van der Waals surface area contributed by atoms with Gasteiger partial charge in [0.15, 0.2) is 0 Å². The minimum Gasteiger partial charge on any atom is -0.337 e. The molecule has 1 aromatic carbocycles. The van der Waals surface area contributed by atoms with E-state index in [2.05, 4.69) is 33.0 Å². The van der Waals surface area contributed by atoms with E-state index >= 15 is 0 Å². The molecule has 5 nitrogen and oxygen atoms in total. The van der Waals surface area contributed by atoms with Gasteiger partial charge in [-0.15, -0.1) is 0 Å². The Hall–Kier alpha value is -2.24. The topological polar surface area (TPSA) is 55.1 Å². The fourth-order valence-corrected chi connectivity index (χ4v) is 3.64. The van der Waals surface area contributed by atoms with Crippen molar-refractivity contribution in [2.75, 3.05) is 6.54 Å². The summed E-state index contributed by atoms with van der Waals surface area (Å²) in [5, 5.41) is 4.85. The molecule has 0 N–H and O–H groups in total. The Bertz CT molecular complexity index is 867.